The van der Waals surface area contributed by atoms with Gasteiger partial charge in [0.1, 0.15) is 6.34 Å². The third-order valence-corrected chi connectivity index (χ3v) is 1.00. The van der Waals surface area contributed by atoms with E-state index in [0.717, 1.165) is 0 Å². The average molecular weight is 140 g/mol. The van der Waals surface area contributed by atoms with Crippen LogP contribution in [0, 0.1) is 0 Å². The van der Waals surface area contributed by atoms with Gasteiger partial charge in [0.15, 0.2) is 6.10 Å². The first kappa shape index (κ1) is 6.92. The molecule has 1 unspecified atom stereocenters. The van der Waals surface area contributed by atoms with Gasteiger partial charge in [-0.3, -0.25) is 9.79 Å². The lowest BCUT2D eigenvalue weighted by atomic mass is 10.4. The first-order valence-corrected chi connectivity index (χ1v) is 2.98. The average Bonchev–Trinajstić information content (AvgIpc) is 1.88. The Morgan fingerprint density at radius 1 is 1.80 bits per heavy atom. The molecule has 0 aromatic carbocycles. The van der Waals surface area contributed by atoms with Crippen molar-refractivity contribution >= 4 is 18.5 Å². The van der Waals surface area contributed by atoms with Crippen molar-refractivity contribution in [1.29, 1.82) is 0 Å². The topological polar surface area (TPSA) is 51.0 Å². The Hall–Kier alpha value is -1.19. The Balaban J connectivity index is 2.37. The standard InChI is InChI=1S/C6H8N2O2/c1-5(9)10-6-2-7-4-8-3-6/h2,4,6H,3H2,1H3. The zero-order valence-electron chi connectivity index (χ0n) is 5.65. The van der Waals surface area contributed by atoms with Crippen molar-refractivity contribution in [2.24, 2.45) is 9.98 Å². The van der Waals surface area contributed by atoms with Gasteiger partial charge >= 0.3 is 5.97 Å². The Labute approximate surface area is 58.6 Å². The molecule has 10 heavy (non-hydrogen) atoms. The fourth-order valence-electron chi connectivity index (χ4n) is 0.661. The lowest BCUT2D eigenvalue weighted by Crippen LogP contribution is -2.23. The summed E-state index contributed by atoms with van der Waals surface area (Å²) in [6.45, 7) is 1.86. The van der Waals surface area contributed by atoms with E-state index in [4.69, 9.17) is 4.74 Å². The van der Waals surface area contributed by atoms with Gasteiger partial charge in [-0.1, -0.05) is 0 Å². The van der Waals surface area contributed by atoms with Crippen LogP contribution in [0.25, 0.3) is 0 Å². The molecule has 1 aliphatic rings. The quantitative estimate of drug-likeness (QED) is 0.482. The van der Waals surface area contributed by atoms with E-state index in [9.17, 15) is 4.79 Å². The molecule has 0 amide bonds. The second kappa shape index (κ2) is 3.10. The zero-order chi connectivity index (χ0) is 7.40. The van der Waals surface area contributed by atoms with Crippen LogP contribution in [0.3, 0.4) is 0 Å². The molecule has 0 aliphatic carbocycles. The number of rotatable bonds is 1. The molecule has 0 spiro atoms. The van der Waals surface area contributed by atoms with Crippen molar-refractivity contribution in [2.75, 3.05) is 6.54 Å². The number of ether oxygens (including phenoxy) is 1. The summed E-state index contributed by atoms with van der Waals surface area (Å²) in [5.41, 5.74) is 0. The van der Waals surface area contributed by atoms with E-state index in [-0.39, 0.29) is 12.1 Å². The van der Waals surface area contributed by atoms with Gasteiger partial charge < -0.3 is 4.74 Å². The van der Waals surface area contributed by atoms with Crippen molar-refractivity contribution in [3.63, 3.8) is 0 Å². The molecular weight excluding hydrogens is 132 g/mol. The summed E-state index contributed by atoms with van der Waals surface area (Å²) < 4.78 is 4.79. The van der Waals surface area contributed by atoms with E-state index in [2.05, 4.69) is 9.98 Å². The third kappa shape index (κ3) is 1.97. The molecule has 1 atom stereocenters. The molecule has 1 aliphatic heterocycles. The van der Waals surface area contributed by atoms with E-state index in [1.807, 2.05) is 0 Å². The maximum Gasteiger partial charge on any atom is 0.303 e. The van der Waals surface area contributed by atoms with E-state index in [0.29, 0.717) is 6.54 Å². The van der Waals surface area contributed by atoms with E-state index in [1.165, 1.54) is 13.3 Å². The summed E-state index contributed by atoms with van der Waals surface area (Å²) >= 11 is 0. The van der Waals surface area contributed by atoms with Gasteiger partial charge in [-0.2, -0.15) is 0 Å². The van der Waals surface area contributed by atoms with Gasteiger partial charge in [0.25, 0.3) is 0 Å². The van der Waals surface area contributed by atoms with Crippen LogP contribution in [-0.4, -0.2) is 31.2 Å². The predicted octanol–water partition coefficient (Wildman–Crippen LogP) is 0.0308. The van der Waals surface area contributed by atoms with E-state index < -0.39 is 0 Å². The van der Waals surface area contributed by atoms with Crippen LogP contribution in [0.15, 0.2) is 9.98 Å². The fraction of sp³-hybridized carbons (Fsp3) is 0.500. The van der Waals surface area contributed by atoms with Crippen molar-refractivity contribution < 1.29 is 9.53 Å². The Morgan fingerprint density at radius 2 is 2.60 bits per heavy atom. The van der Waals surface area contributed by atoms with Crippen molar-refractivity contribution in [3.8, 4) is 0 Å². The highest BCUT2D eigenvalue weighted by Gasteiger charge is 2.08. The second-order valence-corrected chi connectivity index (χ2v) is 1.93. The van der Waals surface area contributed by atoms with Crippen LogP contribution in [-0.2, 0) is 9.53 Å². The molecule has 0 fully saturated rings. The highest BCUT2D eigenvalue weighted by atomic mass is 16.5. The summed E-state index contributed by atoms with van der Waals surface area (Å²) in [4.78, 5) is 17.9. The van der Waals surface area contributed by atoms with E-state index >= 15 is 0 Å². The molecule has 0 saturated heterocycles. The molecule has 0 radical (unpaired) electrons. The summed E-state index contributed by atoms with van der Waals surface area (Å²) in [6.07, 6.45) is 2.75. The maximum absolute atomic E-state index is 10.4. The smallest absolute Gasteiger partial charge is 0.303 e. The number of esters is 1. The fourth-order valence-corrected chi connectivity index (χ4v) is 0.661. The van der Waals surface area contributed by atoms with Crippen molar-refractivity contribution in [3.05, 3.63) is 0 Å². The highest BCUT2D eigenvalue weighted by Crippen LogP contribution is 1.93. The molecule has 54 valence electrons. The van der Waals surface area contributed by atoms with Crippen LogP contribution < -0.4 is 0 Å². The second-order valence-electron chi connectivity index (χ2n) is 1.93. The van der Waals surface area contributed by atoms with Gasteiger partial charge in [-0.05, 0) is 0 Å². The molecule has 4 nitrogen and oxygen atoms in total. The molecule has 0 aromatic heterocycles. The summed E-state index contributed by atoms with van der Waals surface area (Å²) in [5.74, 6) is -0.298. The molecule has 1 rings (SSSR count). The molecular formula is C6H8N2O2. The molecule has 0 N–H and O–H groups in total. The minimum atomic E-state index is -0.298. The number of nitrogens with zero attached hydrogens (tertiary/aromatic N) is 2. The van der Waals surface area contributed by atoms with Gasteiger partial charge in [-0.25, -0.2) is 4.99 Å². The summed E-state index contributed by atoms with van der Waals surface area (Å²) in [6, 6.07) is 0. The van der Waals surface area contributed by atoms with Crippen LogP contribution in [0.5, 0.6) is 0 Å². The number of hydrogen-bond donors (Lipinski definition) is 0. The normalized spacial score (nSPS) is 22.7. The van der Waals surface area contributed by atoms with Crippen LogP contribution >= 0.6 is 0 Å². The number of aliphatic imine (C=N–C) groups is 2. The van der Waals surface area contributed by atoms with Gasteiger partial charge in [0.2, 0.25) is 0 Å². The molecule has 1 heterocycles. The predicted molar refractivity (Wildman–Crippen MR) is 37.4 cm³/mol. The van der Waals surface area contributed by atoms with Crippen molar-refractivity contribution in [1.82, 2.24) is 0 Å². The number of carbonyl (C=O) groups is 1. The van der Waals surface area contributed by atoms with Gasteiger partial charge in [0, 0.05) is 13.1 Å². The summed E-state index contributed by atoms with van der Waals surface area (Å²) in [7, 11) is 0. The maximum atomic E-state index is 10.4. The van der Waals surface area contributed by atoms with Crippen LogP contribution in [0.2, 0.25) is 0 Å². The minimum Gasteiger partial charge on any atom is -0.455 e. The first-order chi connectivity index (χ1) is 4.79. The highest BCUT2D eigenvalue weighted by molar-refractivity contribution is 5.80. The van der Waals surface area contributed by atoms with E-state index in [1.54, 1.807) is 6.21 Å². The zero-order valence-corrected chi connectivity index (χ0v) is 5.65. The lowest BCUT2D eigenvalue weighted by Gasteiger charge is -2.10. The Bertz CT molecular complexity index is 186. The minimum absolute atomic E-state index is 0.262. The third-order valence-electron chi connectivity index (χ3n) is 1.00. The van der Waals surface area contributed by atoms with Crippen LogP contribution in [0.4, 0.5) is 0 Å². The molecule has 0 aromatic rings. The lowest BCUT2D eigenvalue weighted by molar-refractivity contribution is -0.142. The molecule has 4 heteroatoms. The van der Waals surface area contributed by atoms with Crippen molar-refractivity contribution in [2.45, 2.75) is 13.0 Å². The Kier molecular flexibility index (Phi) is 2.15. The first-order valence-electron chi connectivity index (χ1n) is 2.98. The molecule has 0 saturated carbocycles. The largest absolute Gasteiger partial charge is 0.455 e. The molecule has 0 bridgehead atoms. The monoisotopic (exact) mass is 140 g/mol. The number of carbonyl (C=O) groups excluding carboxylic acids is 1. The van der Waals surface area contributed by atoms with Crippen LogP contribution in [0.1, 0.15) is 6.92 Å². The van der Waals surface area contributed by atoms with Gasteiger partial charge in [0.05, 0.1) is 6.54 Å². The SMILES string of the molecule is CC(=O)OC1C=NC=NC1. The Morgan fingerprint density at radius 3 is 3.10 bits per heavy atom. The number of hydrogen-bond acceptors (Lipinski definition) is 4. The summed E-state index contributed by atoms with van der Waals surface area (Å²) in [5, 5.41) is 0. The van der Waals surface area contributed by atoms with Gasteiger partial charge in [-0.15, -0.1) is 0 Å².